The van der Waals surface area contributed by atoms with Crippen molar-refractivity contribution in [3.8, 4) is 0 Å². The maximum atomic E-state index is 13.1. The van der Waals surface area contributed by atoms with Crippen LogP contribution in [0.3, 0.4) is 0 Å². The van der Waals surface area contributed by atoms with E-state index >= 15 is 0 Å². The molecule has 0 amide bonds. The molecule has 1 N–H and O–H groups in total. The molecule has 0 radical (unpaired) electrons. The summed E-state index contributed by atoms with van der Waals surface area (Å²) < 4.78 is 74.5. The number of carbonyl (C=O) groups is 1. The number of methoxy groups -OCH3 is 2. The number of ether oxygens (including phenoxy) is 8. The van der Waals surface area contributed by atoms with Gasteiger partial charge in [0.05, 0.1) is 99.5 Å². The minimum atomic E-state index is -2.01. The third-order valence-corrected chi connectivity index (χ3v) is 33.5. The monoisotopic (exact) mass is 1090 g/mol. The Labute approximate surface area is 451 Å². The summed E-state index contributed by atoms with van der Waals surface area (Å²) in [6.45, 7) is 36.3. The topological polar surface area (TPSA) is 139 Å². The fraction of sp³-hybridized carbons (Fsp3) is 0.879. The van der Waals surface area contributed by atoms with Crippen molar-refractivity contribution >= 4 is 30.9 Å². The highest BCUT2D eigenvalue weighted by molar-refractivity contribution is 6.74. The van der Waals surface area contributed by atoms with Crippen molar-refractivity contribution in [2.45, 2.75) is 292 Å². The van der Waals surface area contributed by atoms with Crippen LogP contribution in [0.2, 0.25) is 54.4 Å². The highest BCUT2D eigenvalue weighted by Gasteiger charge is 2.59. The molecule has 6 rings (SSSR count). The van der Waals surface area contributed by atoms with Crippen molar-refractivity contribution in [1.82, 2.24) is 0 Å². The van der Waals surface area contributed by atoms with Crippen LogP contribution < -0.4 is 0 Å². The van der Waals surface area contributed by atoms with Crippen molar-refractivity contribution in [2.75, 3.05) is 20.8 Å². The van der Waals surface area contributed by atoms with Gasteiger partial charge in [0.2, 0.25) is 0 Å². The van der Waals surface area contributed by atoms with Crippen LogP contribution in [0.4, 0.5) is 0 Å². The summed E-state index contributed by atoms with van der Waals surface area (Å²) in [7, 11) is -2.72. The first-order valence-corrected chi connectivity index (χ1v) is 37.2. The molecule has 0 aromatic rings. The molecule has 0 aromatic carbocycles. The minimum Gasteiger partial charge on any atom is -0.469 e. The van der Waals surface area contributed by atoms with Gasteiger partial charge in [0.1, 0.15) is 6.10 Å². The molecule has 0 spiro atoms. The van der Waals surface area contributed by atoms with E-state index in [4.69, 9.17) is 51.2 Å². The van der Waals surface area contributed by atoms with Gasteiger partial charge < -0.3 is 56.3 Å². The van der Waals surface area contributed by atoms with Crippen LogP contribution in [0.15, 0.2) is 37.0 Å². The van der Waals surface area contributed by atoms with Crippen molar-refractivity contribution in [1.29, 1.82) is 0 Å². The Morgan fingerprint density at radius 2 is 1.41 bits per heavy atom. The van der Waals surface area contributed by atoms with Crippen LogP contribution in [-0.2, 0) is 56.0 Å². The molecular formula is C58H104O13Si3. The molecule has 6 aliphatic heterocycles. The molecule has 0 aromatic heterocycles. The molecule has 4 bridgehead atoms. The van der Waals surface area contributed by atoms with Crippen LogP contribution in [0, 0.1) is 11.8 Å². The van der Waals surface area contributed by atoms with Crippen LogP contribution in [-0.4, -0.2) is 148 Å². The summed E-state index contributed by atoms with van der Waals surface area (Å²) in [6, 6.07) is 9.49. The van der Waals surface area contributed by atoms with Crippen LogP contribution in [0.25, 0.3) is 0 Å². The van der Waals surface area contributed by atoms with Gasteiger partial charge in [0, 0.05) is 45.1 Å². The third-order valence-electron chi connectivity index (χ3n) is 19.5. The lowest BCUT2D eigenvalue weighted by Gasteiger charge is -2.47. The van der Waals surface area contributed by atoms with Crippen molar-refractivity contribution < 1.29 is 61.1 Å². The molecule has 0 saturated carbocycles. The van der Waals surface area contributed by atoms with Gasteiger partial charge in [-0.15, -0.1) is 6.58 Å². The Bertz CT molecular complexity index is 1770. The van der Waals surface area contributed by atoms with Crippen molar-refractivity contribution in [2.24, 2.45) is 11.8 Å². The third kappa shape index (κ3) is 14.4. The summed E-state index contributed by atoms with van der Waals surface area (Å²) in [5.41, 5.74) is 2.17. The Hall–Kier alpha value is -1.10. The number of aliphatic hydroxyl groups excluding tert-OH is 1. The summed E-state index contributed by atoms with van der Waals surface area (Å²) in [5, 5.41) is 11.4. The highest BCUT2D eigenvalue weighted by Crippen LogP contribution is 2.49. The molecule has 16 heteroatoms. The minimum absolute atomic E-state index is 0.00383. The van der Waals surface area contributed by atoms with E-state index in [9.17, 15) is 9.90 Å². The van der Waals surface area contributed by atoms with Gasteiger partial charge in [0.15, 0.2) is 30.7 Å². The predicted molar refractivity (Wildman–Crippen MR) is 300 cm³/mol. The molecule has 426 valence electrons. The van der Waals surface area contributed by atoms with Crippen molar-refractivity contribution in [3.05, 3.63) is 37.0 Å². The Morgan fingerprint density at radius 1 is 0.757 bits per heavy atom. The molecule has 74 heavy (non-hydrogen) atoms. The highest BCUT2D eigenvalue weighted by atomic mass is 28.4. The SMILES string of the molecule is C=CCC1O[C@@H]2C[C@@H](O[C@@]3(CCC4CC(=C)C(CCC5CC(C)C(=C)C(C[C@@H]6O[C@H](CC(CO[Si](CC)(CC)CC)O[Si](CC)(CC)CC)[C@H](OC)C6CC(=O)OC)O5)O4)CC(O)[C@@H]2O3)C1O[Si](CC)(CC)CC. The van der Waals surface area contributed by atoms with Crippen LogP contribution in [0.1, 0.15) is 146 Å². The molecule has 0 aliphatic carbocycles. The molecule has 10 unspecified atom stereocenters. The van der Waals surface area contributed by atoms with E-state index in [0.717, 1.165) is 97.6 Å². The zero-order chi connectivity index (χ0) is 54.0. The predicted octanol–water partition coefficient (Wildman–Crippen LogP) is 12.1. The van der Waals surface area contributed by atoms with E-state index in [0.29, 0.717) is 45.1 Å². The Balaban J connectivity index is 1.09. The van der Waals surface area contributed by atoms with Gasteiger partial charge in [-0.2, -0.15) is 0 Å². The zero-order valence-corrected chi connectivity index (χ0v) is 51.3. The summed E-state index contributed by atoms with van der Waals surface area (Å²) >= 11 is 0. The number of hydrogen-bond donors (Lipinski definition) is 1. The lowest BCUT2D eigenvalue weighted by molar-refractivity contribution is -0.256. The van der Waals surface area contributed by atoms with Gasteiger partial charge >= 0.3 is 5.97 Å². The second kappa shape index (κ2) is 27.9. The van der Waals surface area contributed by atoms with Crippen LogP contribution >= 0.6 is 0 Å². The summed E-state index contributed by atoms with van der Waals surface area (Å²) in [4.78, 5) is 13.1. The number of hydrogen-bond acceptors (Lipinski definition) is 13. The molecular weight excluding hydrogens is 989 g/mol. The largest absolute Gasteiger partial charge is 0.469 e. The lowest BCUT2D eigenvalue weighted by Crippen LogP contribution is -2.58. The molecule has 13 nitrogen and oxygen atoms in total. The molecule has 6 saturated heterocycles. The first kappa shape index (κ1) is 62.1. The van der Waals surface area contributed by atoms with E-state index in [1.807, 2.05) is 6.08 Å². The first-order chi connectivity index (χ1) is 35.4. The fourth-order valence-electron chi connectivity index (χ4n) is 13.8. The Kier molecular flexibility index (Phi) is 23.4. The average Bonchev–Trinajstić information content (AvgIpc) is 4.02. The molecule has 17 atom stereocenters. The number of fused-ring (bicyclic) bond motifs is 5. The van der Waals surface area contributed by atoms with E-state index in [1.54, 1.807) is 7.11 Å². The van der Waals surface area contributed by atoms with Crippen LogP contribution in [0.5, 0.6) is 0 Å². The smallest absolute Gasteiger partial charge is 0.305 e. The maximum Gasteiger partial charge on any atom is 0.305 e. The molecule has 6 aliphatic rings. The van der Waals surface area contributed by atoms with E-state index in [1.165, 1.54) is 7.11 Å². The maximum absolute atomic E-state index is 13.1. The lowest BCUT2D eigenvalue weighted by atomic mass is 9.82. The number of carbonyl (C=O) groups excluding carboxylic acids is 1. The average molecular weight is 1090 g/mol. The van der Waals surface area contributed by atoms with Gasteiger partial charge in [-0.05, 0) is 110 Å². The van der Waals surface area contributed by atoms with Gasteiger partial charge in [-0.1, -0.05) is 88.5 Å². The van der Waals surface area contributed by atoms with Gasteiger partial charge in [-0.3, -0.25) is 4.79 Å². The second-order valence-electron chi connectivity index (χ2n) is 23.3. The van der Waals surface area contributed by atoms with E-state index in [-0.39, 0.29) is 97.5 Å². The standard InChI is InChI=1S/C58H104O13Si3/c1-16-26-48-57(71-74(23-8,24-9)25-10)53-36-52(66-48)56-46(59)37-58(68-53,69-56)30-29-43-32-40(12)47(64-43)28-27-42-31-39(11)41(13)49(65-42)35-50-45(34-54(60)61-14)55(62-15)51(67-50)33-44(70-73(20-5,21-6)22-7)38-63-72(17-2,18-3)19-4/h16,39,42-53,55-57,59H,1,12-13,17-38H2,2-11,14-15H3/t39?,42?,43?,44?,45?,46?,47?,48?,49?,50-,51+,52+,53+,55+,56-,57?,58+/m0/s1. The molecule has 6 fully saturated rings. The fourth-order valence-corrected chi connectivity index (χ4v) is 22.2. The number of aliphatic hydroxyl groups is 1. The normalized spacial score (nSPS) is 36.0. The van der Waals surface area contributed by atoms with Gasteiger partial charge in [0.25, 0.3) is 0 Å². The molecule has 6 heterocycles. The van der Waals surface area contributed by atoms with E-state index in [2.05, 4.69) is 89.0 Å². The quantitative estimate of drug-likeness (QED) is 0.0401. The zero-order valence-electron chi connectivity index (χ0n) is 48.3. The van der Waals surface area contributed by atoms with Gasteiger partial charge in [-0.25, -0.2) is 0 Å². The second-order valence-corrected chi connectivity index (χ2v) is 37.5. The first-order valence-electron chi connectivity index (χ1n) is 29.6. The van der Waals surface area contributed by atoms with E-state index < -0.39 is 42.9 Å². The Morgan fingerprint density at radius 3 is 2.01 bits per heavy atom. The summed E-state index contributed by atoms with van der Waals surface area (Å²) in [6.07, 6.45) is 6.13. The number of esters is 1. The number of rotatable bonds is 31. The van der Waals surface area contributed by atoms with Crippen molar-refractivity contribution in [3.63, 3.8) is 0 Å². The summed E-state index contributed by atoms with van der Waals surface area (Å²) in [5.74, 6) is -1.20.